The van der Waals surface area contributed by atoms with Crippen molar-refractivity contribution in [3.63, 3.8) is 0 Å². The Bertz CT molecular complexity index is 1650. The highest BCUT2D eigenvalue weighted by molar-refractivity contribution is 6.03. The topological polar surface area (TPSA) is 105 Å². The zero-order valence-corrected chi connectivity index (χ0v) is 24.1. The molecule has 5 heterocycles. The summed E-state index contributed by atoms with van der Waals surface area (Å²) in [5, 5.41) is 4.18. The first kappa shape index (κ1) is 27.5. The second-order valence-electron chi connectivity index (χ2n) is 11.2. The van der Waals surface area contributed by atoms with Gasteiger partial charge in [0, 0.05) is 48.5 Å². The predicted octanol–water partition coefficient (Wildman–Crippen LogP) is 4.86. The van der Waals surface area contributed by atoms with Crippen LogP contribution in [-0.2, 0) is 4.79 Å². The average Bonchev–Trinajstić information content (AvgIpc) is 3.32. The number of carbonyl (C=O) groups excluding carboxylic acids is 1. The highest BCUT2D eigenvalue weighted by Crippen LogP contribution is 2.38. The molecule has 9 nitrogen and oxygen atoms in total. The Hall–Kier alpha value is -4.68. The molecule has 0 spiro atoms. The third kappa shape index (κ3) is 5.33. The number of piperidine rings is 1. The van der Waals surface area contributed by atoms with Crippen molar-refractivity contribution in [2.75, 3.05) is 37.2 Å². The molecule has 2 aliphatic heterocycles. The summed E-state index contributed by atoms with van der Waals surface area (Å²) in [7, 11) is 0. The standard InChI is InChI=1S/C33H36N8O/c1-4-29(42)40-19-26(20-40)39-17-14-23(15-18-39)8-13-27-30(31-32(34)36-21-37-33(31)41(27)22(2)3)24-9-11-25(12-10-24)38-28-7-5-6-16-35-28/h4-7,9-12,16,21-23,26H,1,14-15,17-20H2,2-3H3,(H,35,38)(H2,34,36,37). The van der Waals surface area contributed by atoms with Gasteiger partial charge < -0.3 is 20.5 Å². The Kier molecular flexibility index (Phi) is 7.64. The molecule has 0 atom stereocenters. The fourth-order valence-corrected chi connectivity index (χ4v) is 5.94. The van der Waals surface area contributed by atoms with Crippen LogP contribution in [0.5, 0.6) is 0 Å². The van der Waals surface area contributed by atoms with E-state index in [1.165, 1.54) is 12.4 Å². The molecule has 0 radical (unpaired) electrons. The minimum Gasteiger partial charge on any atom is -0.383 e. The number of benzene rings is 1. The van der Waals surface area contributed by atoms with Crippen molar-refractivity contribution in [2.45, 2.75) is 38.8 Å². The Balaban J connectivity index is 1.28. The maximum atomic E-state index is 11.8. The first-order chi connectivity index (χ1) is 20.4. The third-order valence-electron chi connectivity index (χ3n) is 8.23. The average molecular weight is 561 g/mol. The molecule has 0 bridgehead atoms. The number of nitrogens with zero attached hydrogens (tertiary/aromatic N) is 6. The maximum Gasteiger partial charge on any atom is 0.246 e. The molecule has 0 unspecified atom stereocenters. The van der Waals surface area contributed by atoms with Crippen LogP contribution in [0.3, 0.4) is 0 Å². The lowest BCUT2D eigenvalue weighted by Crippen LogP contribution is -2.61. The fraction of sp³-hybridized carbons (Fsp3) is 0.333. The Labute approximate surface area is 246 Å². The minimum absolute atomic E-state index is 0.0211. The van der Waals surface area contributed by atoms with Crippen LogP contribution in [0, 0.1) is 17.8 Å². The highest BCUT2D eigenvalue weighted by Gasteiger charge is 2.35. The molecule has 3 N–H and O–H groups in total. The number of carbonyl (C=O) groups is 1. The van der Waals surface area contributed by atoms with E-state index >= 15 is 0 Å². The molecule has 3 aromatic heterocycles. The molecule has 1 amide bonds. The lowest BCUT2D eigenvalue weighted by molar-refractivity contribution is -0.133. The van der Waals surface area contributed by atoms with Crippen LogP contribution in [0.4, 0.5) is 17.3 Å². The molecule has 2 aliphatic rings. The van der Waals surface area contributed by atoms with Gasteiger partial charge in [0.25, 0.3) is 0 Å². The molecule has 6 rings (SSSR count). The molecule has 2 saturated heterocycles. The number of pyridine rings is 1. The van der Waals surface area contributed by atoms with Gasteiger partial charge in [-0.1, -0.05) is 30.7 Å². The number of aromatic nitrogens is 4. The van der Waals surface area contributed by atoms with E-state index in [1.807, 2.05) is 35.2 Å². The smallest absolute Gasteiger partial charge is 0.246 e. The summed E-state index contributed by atoms with van der Waals surface area (Å²) in [5.41, 5.74) is 11.1. The van der Waals surface area contributed by atoms with Crippen LogP contribution in [0.25, 0.3) is 22.2 Å². The van der Waals surface area contributed by atoms with Crippen molar-refractivity contribution in [1.29, 1.82) is 0 Å². The largest absolute Gasteiger partial charge is 0.383 e. The van der Waals surface area contributed by atoms with E-state index in [2.05, 4.69) is 74.1 Å². The van der Waals surface area contributed by atoms with Crippen LogP contribution in [0.2, 0.25) is 0 Å². The second kappa shape index (κ2) is 11.7. The van der Waals surface area contributed by atoms with E-state index in [0.29, 0.717) is 17.8 Å². The molecule has 1 aromatic carbocycles. The summed E-state index contributed by atoms with van der Waals surface area (Å²) in [6.07, 6.45) is 6.70. The van der Waals surface area contributed by atoms with Gasteiger partial charge in [-0.05, 0) is 81.6 Å². The molecule has 4 aromatic rings. The molecule has 42 heavy (non-hydrogen) atoms. The number of fused-ring (bicyclic) bond motifs is 1. The number of hydrogen-bond donors (Lipinski definition) is 2. The van der Waals surface area contributed by atoms with Gasteiger partial charge in [-0.3, -0.25) is 9.69 Å². The van der Waals surface area contributed by atoms with Gasteiger partial charge in [-0.15, -0.1) is 0 Å². The normalized spacial score (nSPS) is 16.2. The molecule has 214 valence electrons. The SMILES string of the molecule is C=CC(=O)N1CC(N2CCC(C#Cc3c(-c4ccc(Nc5ccccn5)cc4)c4c(N)ncnc4n3C(C)C)CC2)C1. The van der Waals surface area contributed by atoms with Crippen molar-refractivity contribution in [3.05, 3.63) is 73.3 Å². The fourth-order valence-electron chi connectivity index (χ4n) is 5.94. The van der Waals surface area contributed by atoms with E-state index in [4.69, 9.17) is 5.73 Å². The predicted molar refractivity (Wildman–Crippen MR) is 167 cm³/mol. The lowest BCUT2D eigenvalue weighted by atomic mass is 9.94. The third-order valence-corrected chi connectivity index (χ3v) is 8.23. The molecule has 0 aliphatic carbocycles. The van der Waals surface area contributed by atoms with Crippen LogP contribution in [0.1, 0.15) is 38.4 Å². The highest BCUT2D eigenvalue weighted by atomic mass is 16.2. The van der Waals surface area contributed by atoms with Crippen LogP contribution < -0.4 is 11.1 Å². The Morgan fingerprint density at radius 2 is 1.86 bits per heavy atom. The van der Waals surface area contributed by atoms with E-state index in [1.54, 1.807) is 6.20 Å². The summed E-state index contributed by atoms with van der Waals surface area (Å²) < 4.78 is 2.18. The monoisotopic (exact) mass is 560 g/mol. The summed E-state index contributed by atoms with van der Waals surface area (Å²) in [6, 6.07) is 14.6. The van der Waals surface area contributed by atoms with Crippen molar-refractivity contribution >= 4 is 34.3 Å². The van der Waals surface area contributed by atoms with Gasteiger partial charge in [0.2, 0.25) is 5.91 Å². The van der Waals surface area contributed by atoms with Gasteiger partial charge in [0.1, 0.15) is 29.3 Å². The van der Waals surface area contributed by atoms with E-state index in [-0.39, 0.29) is 11.9 Å². The maximum absolute atomic E-state index is 11.8. The number of rotatable bonds is 6. The van der Waals surface area contributed by atoms with Crippen LogP contribution in [0.15, 0.2) is 67.6 Å². The molecular weight excluding hydrogens is 524 g/mol. The van der Waals surface area contributed by atoms with Gasteiger partial charge in [-0.2, -0.15) is 0 Å². The first-order valence-electron chi connectivity index (χ1n) is 14.5. The minimum atomic E-state index is 0.0211. The van der Waals surface area contributed by atoms with Gasteiger partial charge in [-0.25, -0.2) is 15.0 Å². The summed E-state index contributed by atoms with van der Waals surface area (Å²) >= 11 is 0. The lowest BCUT2D eigenvalue weighted by Gasteiger charge is -2.47. The van der Waals surface area contributed by atoms with Crippen LogP contribution in [-0.4, -0.2) is 67.4 Å². The van der Waals surface area contributed by atoms with E-state index < -0.39 is 0 Å². The van der Waals surface area contributed by atoms with Crippen molar-refractivity contribution in [1.82, 2.24) is 29.3 Å². The van der Waals surface area contributed by atoms with Gasteiger partial charge in [0.05, 0.1) is 5.39 Å². The molecule has 2 fully saturated rings. The Morgan fingerprint density at radius 3 is 2.52 bits per heavy atom. The van der Waals surface area contributed by atoms with Crippen LogP contribution >= 0.6 is 0 Å². The Morgan fingerprint density at radius 1 is 1.10 bits per heavy atom. The van der Waals surface area contributed by atoms with Crippen molar-refractivity contribution in [3.8, 4) is 23.0 Å². The van der Waals surface area contributed by atoms with Gasteiger partial charge >= 0.3 is 0 Å². The second-order valence-corrected chi connectivity index (χ2v) is 11.2. The summed E-state index contributed by atoms with van der Waals surface area (Å²) in [6.45, 7) is 11.4. The molecule has 9 heteroatoms. The molecular formula is C33H36N8O. The first-order valence-corrected chi connectivity index (χ1v) is 14.5. The molecule has 0 saturated carbocycles. The zero-order valence-electron chi connectivity index (χ0n) is 24.1. The number of nitrogens with two attached hydrogens (primary N) is 1. The number of amides is 1. The quantitative estimate of drug-likeness (QED) is 0.256. The summed E-state index contributed by atoms with van der Waals surface area (Å²) in [5.74, 6) is 8.76. The number of nitrogen functional groups attached to an aromatic ring is 1. The number of nitrogens with one attached hydrogen (secondary N) is 1. The number of hydrogen-bond acceptors (Lipinski definition) is 7. The summed E-state index contributed by atoms with van der Waals surface area (Å²) in [4.78, 5) is 29.5. The van der Waals surface area contributed by atoms with Crippen molar-refractivity contribution in [2.24, 2.45) is 5.92 Å². The van der Waals surface area contributed by atoms with Gasteiger partial charge in [0.15, 0.2) is 0 Å². The van der Waals surface area contributed by atoms with E-state index in [9.17, 15) is 4.79 Å². The number of likely N-dealkylation sites (tertiary alicyclic amines) is 2. The zero-order chi connectivity index (χ0) is 29.2. The number of anilines is 3. The van der Waals surface area contributed by atoms with Crippen molar-refractivity contribution < 1.29 is 4.79 Å². The van der Waals surface area contributed by atoms with E-state index in [0.717, 1.165) is 78.4 Å².